The van der Waals surface area contributed by atoms with E-state index >= 15 is 0 Å². The molecule has 0 atom stereocenters. The van der Waals surface area contributed by atoms with Crippen LogP contribution in [0.25, 0.3) is 60.3 Å². The highest BCUT2D eigenvalue weighted by Crippen LogP contribution is 2.46. The molecule has 0 saturated heterocycles. The van der Waals surface area contributed by atoms with Crippen molar-refractivity contribution in [1.82, 2.24) is 0 Å². The highest BCUT2D eigenvalue weighted by molar-refractivity contribution is 8.02. The third kappa shape index (κ3) is 2.44. The first-order chi connectivity index (χ1) is 15.4. The van der Waals surface area contributed by atoms with Crippen LogP contribution in [0.1, 0.15) is 5.56 Å². The van der Waals surface area contributed by atoms with E-state index in [1.807, 2.05) is 11.8 Å². The zero-order chi connectivity index (χ0) is 20.4. The molecule has 144 valence electrons. The maximum atomic E-state index is 2.33. The molecule has 0 aliphatic carbocycles. The van der Waals surface area contributed by atoms with Crippen LogP contribution in [0.15, 0.2) is 107 Å². The van der Waals surface area contributed by atoms with Gasteiger partial charge in [0.1, 0.15) is 0 Å². The standard InChI is InChI=1S/C30H18S/c1-3-7-21-19(5-1)9-11-25-23(21)13-14-28-26(25)17-18-31-29-16-15-24-22-8-4-2-6-20(22)10-12-27(24)30(28)29/h1-18H. The Labute approximate surface area is 184 Å². The first-order valence-electron chi connectivity index (χ1n) is 10.6. The van der Waals surface area contributed by atoms with Crippen LogP contribution in [-0.4, -0.2) is 0 Å². The molecule has 0 spiro atoms. The number of hydrogen-bond donors (Lipinski definition) is 0. The summed E-state index contributed by atoms with van der Waals surface area (Å²) < 4.78 is 0. The second-order valence-corrected chi connectivity index (χ2v) is 9.10. The van der Waals surface area contributed by atoms with Crippen molar-refractivity contribution in [2.75, 3.05) is 0 Å². The van der Waals surface area contributed by atoms with Gasteiger partial charge in [0.15, 0.2) is 0 Å². The monoisotopic (exact) mass is 410 g/mol. The minimum atomic E-state index is 1.29. The van der Waals surface area contributed by atoms with Gasteiger partial charge in [0, 0.05) is 10.5 Å². The number of thioether (sulfide) groups is 1. The zero-order valence-corrected chi connectivity index (χ0v) is 17.6. The normalized spacial score (nSPS) is 12.9. The lowest BCUT2D eigenvalue weighted by Crippen LogP contribution is -1.90. The molecule has 0 nitrogen and oxygen atoms in total. The molecule has 7 rings (SSSR count). The van der Waals surface area contributed by atoms with E-state index in [4.69, 9.17) is 0 Å². The zero-order valence-electron chi connectivity index (χ0n) is 16.8. The maximum absolute atomic E-state index is 2.33. The summed E-state index contributed by atoms with van der Waals surface area (Å²) in [5, 5.41) is 12.7. The van der Waals surface area contributed by atoms with Crippen LogP contribution in [0, 0.1) is 0 Å². The second kappa shape index (κ2) is 6.47. The lowest BCUT2D eigenvalue weighted by Gasteiger charge is -2.16. The SMILES string of the molecule is C1=Cc2c(ccc3c2ccc2ccccc23)-c2c(ccc3c2ccc2ccccc23)S1. The molecular weight excluding hydrogens is 392 g/mol. The predicted molar refractivity (Wildman–Crippen MR) is 137 cm³/mol. The lowest BCUT2D eigenvalue weighted by atomic mass is 9.89. The molecule has 0 fully saturated rings. The van der Waals surface area contributed by atoms with Crippen molar-refractivity contribution in [3.63, 3.8) is 0 Å². The van der Waals surface area contributed by atoms with Crippen LogP contribution in [-0.2, 0) is 0 Å². The first-order valence-corrected chi connectivity index (χ1v) is 11.5. The summed E-state index contributed by atoms with van der Waals surface area (Å²) in [5.41, 5.74) is 3.98. The second-order valence-electron chi connectivity index (χ2n) is 8.15. The minimum Gasteiger partial charge on any atom is -0.0974 e. The molecule has 0 bridgehead atoms. The van der Waals surface area contributed by atoms with Crippen molar-refractivity contribution in [3.05, 3.63) is 108 Å². The molecule has 0 saturated carbocycles. The lowest BCUT2D eigenvalue weighted by molar-refractivity contribution is 1.50. The van der Waals surface area contributed by atoms with E-state index in [1.165, 1.54) is 64.7 Å². The van der Waals surface area contributed by atoms with Crippen molar-refractivity contribution < 1.29 is 0 Å². The van der Waals surface area contributed by atoms with Gasteiger partial charge in [-0.3, -0.25) is 0 Å². The average molecular weight is 411 g/mol. The van der Waals surface area contributed by atoms with Gasteiger partial charge < -0.3 is 0 Å². The Kier molecular flexibility index (Phi) is 3.58. The van der Waals surface area contributed by atoms with Crippen LogP contribution >= 0.6 is 11.8 Å². The van der Waals surface area contributed by atoms with Gasteiger partial charge in [-0.1, -0.05) is 103 Å². The smallest absolute Gasteiger partial charge is 0.0201 e. The highest BCUT2D eigenvalue weighted by Gasteiger charge is 2.18. The fourth-order valence-electron chi connectivity index (χ4n) is 5.13. The Morgan fingerprint density at radius 2 is 1.06 bits per heavy atom. The van der Waals surface area contributed by atoms with Crippen LogP contribution in [0.4, 0.5) is 0 Å². The van der Waals surface area contributed by atoms with Crippen LogP contribution in [0.3, 0.4) is 0 Å². The van der Waals surface area contributed by atoms with Crippen LogP contribution in [0.5, 0.6) is 0 Å². The summed E-state index contributed by atoms with van der Waals surface area (Å²) in [5.74, 6) is 0. The van der Waals surface area contributed by atoms with Gasteiger partial charge in [0.25, 0.3) is 0 Å². The molecule has 6 aromatic carbocycles. The van der Waals surface area contributed by atoms with Crippen molar-refractivity contribution in [3.8, 4) is 11.1 Å². The molecule has 0 N–H and O–H groups in total. The average Bonchev–Trinajstić information content (AvgIpc) is 3.03. The molecule has 0 aromatic heterocycles. The number of fused-ring (bicyclic) bond motifs is 11. The van der Waals surface area contributed by atoms with Gasteiger partial charge in [-0.05, 0) is 71.8 Å². The van der Waals surface area contributed by atoms with Crippen molar-refractivity contribution in [2.45, 2.75) is 4.90 Å². The summed E-state index contributed by atoms with van der Waals surface area (Å²) in [4.78, 5) is 1.32. The van der Waals surface area contributed by atoms with E-state index < -0.39 is 0 Å². The van der Waals surface area contributed by atoms with Gasteiger partial charge >= 0.3 is 0 Å². The van der Waals surface area contributed by atoms with Gasteiger partial charge in [-0.15, -0.1) is 0 Å². The van der Waals surface area contributed by atoms with Crippen LogP contribution < -0.4 is 0 Å². The third-order valence-corrected chi connectivity index (χ3v) is 7.42. The number of rotatable bonds is 0. The fraction of sp³-hybridized carbons (Fsp3) is 0. The molecule has 0 amide bonds. The Morgan fingerprint density at radius 1 is 0.452 bits per heavy atom. The van der Waals surface area contributed by atoms with Gasteiger partial charge in [-0.25, -0.2) is 0 Å². The van der Waals surface area contributed by atoms with Crippen molar-refractivity contribution >= 4 is 60.9 Å². The van der Waals surface area contributed by atoms with E-state index in [-0.39, 0.29) is 0 Å². The van der Waals surface area contributed by atoms with Gasteiger partial charge in [0.05, 0.1) is 0 Å². The van der Waals surface area contributed by atoms with E-state index in [0.29, 0.717) is 0 Å². The largest absolute Gasteiger partial charge is 0.0974 e. The maximum Gasteiger partial charge on any atom is 0.0201 e. The van der Waals surface area contributed by atoms with E-state index in [1.54, 1.807) is 0 Å². The molecule has 6 aromatic rings. The summed E-state index contributed by atoms with van der Waals surface area (Å²) in [7, 11) is 0. The Balaban J connectivity index is 1.62. The molecule has 31 heavy (non-hydrogen) atoms. The topological polar surface area (TPSA) is 0 Å². The Morgan fingerprint density at radius 3 is 1.84 bits per heavy atom. The molecule has 1 aliphatic rings. The van der Waals surface area contributed by atoms with Gasteiger partial charge in [-0.2, -0.15) is 0 Å². The summed E-state index contributed by atoms with van der Waals surface area (Å²) in [6.07, 6.45) is 2.30. The molecule has 1 aliphatic heterocycles. The molecular formula is C30H18S. The predicted octanol–water partition coefficient (Wildman–Crippen LogP) is 9.04. The van der Waals surface area contributed by atoms with E-state index in [9.17, 15) is 0 Å². The van der Waals surface area contributed by atoms with Crippen molar-refractivity contribution in [2.24, 2.45) is 0 Å². The summed E-state index contributed by atoms with van der Waals surface area (Å²) in [6.45, 7) is 0. The number of benzene rings is 6. The number of hydrogen-bond acceptors (Lipinski definition) is 1. The van der Waals surface area contributed by atoms with E-state index in [2.05, 4.69) is 109 Å². The highest BCUT2D eigenvalue weighted by atomic mass is 32.2. The van der Waals surface area contributed by atoms with E-state index in [0.717, 1.165) is 0 Å². The molecule has 0 unspecified atom stereocenters. The Bertz CT molecular complexity index is 1710. The summed E-state index contributed by atoms with van der Waals surface area (Å²) >= 11 is 1.82. The molecule has 1 heteroatoms. The third-order valence-electron chi connectivity index (χ3n) is 6.55. The minimum absolute atomic E-state index is 1.29. The van der Waals surface area contributed by atoms with Crippen LogP contribution in [0.2, 0.25) is 0 Å². The fourth-order valence-corrected chi connectivity index (χ4v) is 5.96. The molecule has 1 heterocycles. The van der Waals surface area contributed by atoms with Crippen molar-refractivity contribution in [1.29, 1.82) is 0 Å². The Hall–Kier alpha value is -3.55. The summed E-state index contributed by atoms with van der Waals surface area (Å²) in [6, 6.07) is 35.7. The quantitative estimate of drug-likeness (QED) is 0.225. The molecule has 0 radical (unpaired) electrons. The first kappa shape index (κ1) is 17.2. The van der Waals surface area contributed by atoms with Gasteiger partial charge in [0.2, 0.25) is 0 Å².